The summed E-state index contributed by atoms with van der Waals surface area (Å²) in [5.74, 6) is 0.00541. The van der Waals surface area contributed by atoms with Gasteiger partial charge in [0.2, 0.25) is 5.91 Å². The molecule has 1 heterocycles. The highest BCUT2D eigenvalue weighted by Gasteiger charge is 2.12. The fourth-order valence-electron chi connectivity index (χ4n) is 1.35. The van der Waals surface area contributed by atoms with Crippen molar-refractivity contribution in [3.8, 4) is 6.07 Å². The first-order chi connectivity index (χ1) is 8.19. The maximum atomic E-state index is 11.3. The predicted molar refractivity (Wildman–Crippen MR) is 67.8 cm³/mol. The van der Waals surface area contributed by atoms with Gasteiger partial charge in [0.1, 0.15) is 0 Å². The molecule has 0 atom stereocenters. The van der Waals surface area contributed by atoms with Crippen LogP contribution in [0.5, 0.6) is 0 Å². The van der Waals surface area contributed by atoms with Gasteiger partial charge in [0.15, 0.2) is 5.13 Å². The molecule has 0 bridgehead atoms. The number of hydrogen-bond donors (Lipinski definition) is 1. The summed E-state index contributed by atoms with van der Waals surface area (Å²) in [6.07, 6.45) is 0.492. The first-order valence-corrected chi connectivity index (χ1v) is 6.37. The molecule has 1 amide bonds. The number of nitrogens with one attached hydrogen (secondary N) is 1. The summed E-state index contributed by atoms with van der Waals surface area (Å²) >= 11 is 1.46. The van der Waals surface area contributed by atoms with Crippen LogP contribution in [0.25, 0.3) is 0 Å². The van der Waals surface area contributed by atoms with Crippen LogP contribution in [0.15, 0.2) is 5.38 Å². The molecule has 0 aliphatic carbocycles. The van der Waals surface area contributed by atoms with Crippen LogP contribution in [-0.2, 0) is 11.3 Å². The molecule has 0 spiro atoms. The van der Waals surface area contributed by atoms with Gasteiger partial charge in [0.05, 0.1) is 11.8 Å². The van der Waals surface area contributed by atoms with Gasteiger partial charge in [0, 0.05) is 38.4 Å². The normalized spacial score (nSPS) is 9.94. The van der Waals surface area contributed by atoms with Gasteiger partial charge in [-0.2, -0.15) is 5.26 Å². The Bertz CT molecular complexity index is 410. The molecule has 0 aliphatic heterocycles. The van der Waals surface area contributed by atoms with E-state index < -0.39 is 0 Å². The van der Waals surface area contributed by atoms with Crippen molar-refractivity contribution < 1.29 is 4.79 Å². The summed E-state index contributed by atoms with van der Waals surface area (Å²) in [6.45, 7) is 5.38. The van der Waals surface area contributed by atoms with Crippen molar-refractivity contribution in [2.75, 3.05) is 18.0 Å². The highest BCUT2D eigenvalue weighted by atomic mass is 32.1. The smallest absolute Gasteiger partial charge is 0.225 e. The number of hydrogen-bond acceptors (Lipinski definition) is 5. The van der Waals surface area contributed by atoms with Crippen molar-refractivity contribution in [1.82, 2.24) is 10.3 Å². The molecule has 5 nitrogen and oxygen atoms in total. The molecule has 0 aromatic carbocycles. The fraction of sp³-hybridized carbons (Fsp3) is 0.545. The minimum absolute atomic E-state index is 0.00541. The van der Waals surface area contributed by atoms with Crippen molar-refractivity contribution in [2.24, 2.45) is 0 Å². The van der Waals surface area contributed by atoms with Crippen LogP contribution in [0.2, 0.25) is 0 Å². The van der Waals surface area contributed by atoms with Crippen LogP contribution in [0.4, 0.5) is 5.13 Å². The second-order valence-electron chi connectivity index (χ2n) is 3.47. The lowest BCUT2D eigenvalue weighted by Gasteiger charge is -2.14. The lowest BCUT2D eigenvalue weighted by atomic mass is 10.4. The Morgan fingerprint density at radius 1 is 1.71 bits per heavy atom. The van der Waals surface area contributed by atoms with Gasteiger partial charge in [0.25, 0.3) is 0 Å². The van der Waals surface area contributed by atoms with Gasteiger partial charge in [-0.15, -0.1) is 11.3 Å². The number of nitriles is 1. The van der Waals surface area contributed by atoms with Gasteiger partial charge in [-0.1, -0.05) is 0 Å². The number of rotatable bonds is 6. The Balaban J connectivity index is 2.53. The molecule has 0 aliphatic rings. The van der Waals surface area contributed by atoms with Gasteiger partial charge >= 0.3 is 0 Å². The van der Waals surface area contributed by atoms with E-state index in [1.165, 1.54) is 18.3 Å². The average molecular weight is 252 g/mol. The van der Waals surface area contributed by atoms with Crippen molar-refractivity contribution in [3.05, 3.63) is 11.1 Å². The Kier molecular flexibility index (Phi) is 5.60. The molecule has 1 N–H and O–H groups in total. The zero-order valence-electron chi connectivity index (χ0n) is 10.1. The second-order valence-corrected chi connectivity index (χ2v) is 4.31. The van der Waals surface area contributed by atoms with Crippen molar-refractivity contribution >= 4 is 22.4 Å². The highest BCUT2D eigenvalue weighted by molar-refractivity contribution is 7.14. The van der Waals surface area contributed by atoms with Gasteiger partial charge in [-0.05, 0) is 6.92 Å². The van der Waals surface area contributed by atoms with Gasteiger partial charge in [-0.3, -0.25) is 9.69 Å². The van der Waals surface area contributed by atoms with Crippen LogP contribution in [0.1, 0.15) is 26.0 Å². The van der Waals surface area contributed by atoms with E-state index in [1.807, 2.05) is 12.3 Å². The lowest BCUT2D eigenvalue weighted by molar-refractivity contribution is -0.116. The molecule has 1 aromatic heterocycles. The monoisotopic (exact) mass is 252 g/mol. The SMILES string of the molecule is CCN(C(C)=O)c1nc(CNCCC#N)cs1. The van der Waals surface area contributed by atoms with E-state index in [0.29, 0.717) is 26.1 Å². The third-order valence-electron chi connectivity index (χ3n) is 2.19. The Labute approximate surface area is 105 Å². The first-order valence-electron chi connectivity index (χ1n) is 5.49. The van der Waals surface area contributed by atoms with E-state index >= 15 is 0 Å². The van der Waals surface area contributed by atoms with Crippen LogP contribution in [0.3, 0.4) is 0 Å². The number of thiazole rings is 1. The summed E-state index contributed by atoms with van der Waals surface area (Å²) in [5, 5.41) is 14.2. The molecule has 0 fully saturated rings. The third kappa shape index (κ3) is 4.13. The largest absolute Gasteiger partial charge is 0.310 e. The molecule has 0 saturated heterocycles. The number of aromatic nitrogens is 1. The fourth-order valence-corrected chi connectivity index (χ4v) is 2.29. The molecule has 1 aromatic rings. The maximum Gasteiger partial charge on any atom is 0.225 e. The van der Waals surface area contributed by atoms with E-state index in [4.69, 9.17) is 5.26 Å². The van der Waals surface area contributed by atoms with Crippen LogP contribution < -0.4 is 10.2 Å². The summed E-state index contributed by atoms with van der Waals surface area (Å²) < 4.78 is 0. The standard InChI is InChI=1S/C11H16N4OS/c1-3-15(9(2)16)11-14-10(8-17-11)7-13-6-4-5-12/h8,13H,3-4,6-7H2,1-2H3. The summed E-state index contributed by atoms with van der Waals surface area (Å²) in [5.41, 5.74) is 0.905. The summed E-state index contributed by atoms with van der Waals surface area (Å²) in [4.78, 5) is 17.3. The minimum Gasteiger partial charge on any atom is -0.310 e. The molecular weight excluding hydrogens is 236 g/mol. The lowest BCUT2D eigenvalue weighted by Crippen LogP contribution is -2.27. The Morgan fingerprint density at radius 3 is 3.06 bits per heavy atom. The van der Waals surface area contributed by atoms with Crippen LogP contribution in [-0.4, -0.2) is 24.0 Å². The number of amides is 1. The molecule has 0 radical (unpaired) electrons. The maximum absolute atomic E-state index is 11.3. The van der Waals surface area contributed by atoms with E-state index in [-0.39, 0.29) is 5.91 Å². The zero-order valence-corrected chi connectivity index (χ0v) is 10.9. The van der Waals surface area contributed by atoms with Crippen molar-refractivity contribution in [2.45, 2.75) is 26.8 Å². The third-order valence-corrected chi connectivity index (χ3v) is 3.10. The Morgan fingerprint density at radius 2 is 2.47 bits per heavy atom. The minimum atomic E-state index is 0.00541. The Hall–Kier alpha value is -1.45. The van der Waals surface area contributed by atoms with E-state index in [9.17, 15) is 4.79 Å². The first kappa shape index (κ1) is 13.6. The van der Waals surface area contributed by atoms with Crippen LogP contribution in [0, 0.1) is 11.3 Å². The summed E-state index contributed by atoms with van der Waals surface area (Å²) in [7, 11) is 0. The number of nitrogens with zero attached hydrogens (tertiary/aromatic N) is 3. The van der Waals surface area contributed by atoms with E-state index in [0.717, 1.165) is 10.8 Å². The molecule has 92 valence electrons. The molecule has 0 unspecified atom stereocenters. The predicted octanol–water partition coefficient (Wildman–Crippen LogP) is 1.52. The van der Waals surface area contributed by atoms with Crippen molar-refractivity contribution in [3.63, 3.8) is 0 Å². The van der Waals surface area contributed by atoms with Gasteiger partial charge in [-0.25, -0.2) is 4.98 Å². The highest BCUT2D eigenvalue weighted by Crippen LogP contribution is 2.20. The number of carbonyl (C=O) groups excluding carboxylic acids is 1. The second kappa shape index (κ2) is 6.99. The topological polar surface area (TPSA) is 69.0 Å². The molecule has 17 heavy (non-hydrogen) atoms. The van der Waals surface area contributed by atoms with E-state index in [1.54, 1.807) is 4.90 Å². The number of anilines is 1. The average Bonchev–Trinajstić information content (AvgIpc) is 2.74. The molecule has 0 saturated carbocycles. The number of carbonyl (C=O) groups is 1. The summed E-state index contributed by atoms with van der Waals surface area (Å²) in [6, 6.07) is 2.07. The van der Waals surface area contributed by atoms with Gasteiger partial charge < -0.3 is 5.32 Å². The van der Waals surface area contributed by atoms with Crippen LogP contribution >= 0.6 is 11.3 Å². The molecule has 6 heteroatoms. The molecular formula is C11H16N4OS. The van der Waals surface area contributed by atoms with Crippen molar-refractivity contribution in [1.29, 1.82) is 5.26 Å². The molecule has 1 rings (SSSR count). The quantitative estimate of drug-likeness (QED) is 0.779. The zero-order chi connectivity index (χ0) is 12.7. The van der Waals surface area contributed by atoms with E-state index in [2.05, 4.69) is 16.4 Å².